The van der Waals surface area contributed by atoms with E-state index >= 15 is 0 Å². The lowest BCUT2D eigenvalue weighted by atomic mass is 9.49. The molecule has 0 aromatic carbocycles. The maximum Gasteiger partial charge on any atom is 0.306 e. The largest absolute Gasteiger partial charge is 0.481 e. The van der Waals surface area contributed by atoms with E-state index < -0.39 is 5.97 Å². The van der Waals surface area contributed by atoms with Gasteiger partial charge in [0.25, 0.3) is 0 Å². The molecule has 0 saturated heterocycles. The van der Waals surface area contributed by atoms with Crippen LogP contribution in [0.3, 0.4) is 0 Å². The molecule has 3 nitrogen and oxygen atoms in total. The van der Waals surface area contributed by atoms with Crippen molar-refractivity contribution in [3.05, 3.63) is 23.8 Å². The third-order valence-electron chi connectivity index (χ3n) is 7.63. The normalized spacial score (nSPS) is 48.3. The van der Waals surface area contributed by atoms with Crippen LogP contribution in [0.1, 0.15) is 52.4 Å². The van der Waals surface area contributed by atoms with Crippen LogP contribution in [0.2, 0.25) is 0 Å². The second-order valence-corrected chi connectivity index (χ2v) is 8.80. The molecule has 2 fully saturated rings. The minimum atomic E-state index is -0.618. The van der Waals surface area contributed by atoms with E-state index in [2.05, 4.69) is 26.0 Å². The average Bonchev–Trinajstić information content (AvgIpc) is 2.86. The van der Waals surface area contributed by atoms with Gasteiger partial charge in [0.15, 0.2) is 5.78 Å². The molecule has 6 atom stereocenters. The molecule has 0 aliphatic heterocycles. The molecule has 0 aromatic heterocycles. The summed E-state index contributed by atoms with van der Waals surface area (Å²) in [4.78, 5) is 23.3. The predicted octanol–water partition coefficient (Wildman–Crippen LogP) is 4.00. The van der Waals surface area contributed by atoms with E-state index in [1.54, 1.807) is 0 Å². The summed E-state index contributed by atoms with van der Waals surface area (Å²) in [5.74, 6) is 0.996. The molecule has 0 amide bonds. The van der Waals surface area contributed by atoms with Crippen LogP contribution in [0.5, 0.6) is 0 Å². The average molecular weight is 314 g/mol. The molecule has 0 spiro atoms. The number of hydrogen-bond donors (Lipinski definition) is 1. The first-order valence-electron chi connectivity index (χ1n) is 8.99. The Hall–Kier alpha value is -1.38. The molecule has 6 unspecified atom stereocenters. The molecule has 0 radical (unpaired) electrons. The van der Waals surface area contributed by atoms with E-state index in [4.69, 9.17) is 0 Å². The highest BCUT2D eigenvalue weighted by Gasteiger charge is 2.57. The summed E-state index contributed by atoms with van der Waals surface area (Å²) in [5, 5.41) is 9.47. The van der Waals surface area contributed by atoms with Gasteiger partial charge < -0.3 is 5.11 Å². The summed E-state index contributed by atoms with van der Waals surface area (Å²) in [6.45, 7) is 4.64. The van der Waals surface area contributed by atoms with Crippen LogP contribution in [0.15, 0.2) is 23.8 Å². The first-order chi connectivity index (χ1) is 10.8. The number of allylic oxidation sites excluding steroid dienone is 4. The van der Waals surface area contributed by atoms with Crippen molar-refractivity contribution in [2.24, 2.45) is 34.5 Å². The summed E-state index contributed by atoms with van der Waals surface area (Å²) in [6.07, 6.45) is 11.9. The van der Waals surface area contributed by atoms with Crippen molar-refractivity contribution < 1.29 is 14.7 Å². The number of rotatable bonds is 1. The first-order valence-corrected chi connectivity index (χ1v) is 8.99. The van der Waals surface area contributed by atoms with Gasteiger partial charge in [0.2, 0.25) is 0 Å². The second kappa shape index (κ2) is 4.81. The van der Waals surface area contributed by atoms with Crippen LogP contribution in [0.25, 0.3) is 0 Å². The Kier molecular flexibility index (Phi) is 3.17. The van der Waals surface area contributed by atoms with Gasteiger partial charge in [0, 0.05) is 6.42 Å². The Morgan fingerprint density at radius 1 is 1.26 bits per heavy atom. The van der Waals surface area contributed by atoms with E-state index in [0.717, 1.165) is 32.1 Å². The molecule has 4 aliphatic carbocycles. The van der Waals surface area contributed by atoms with E-state index in [9.17, 15) is 14.7 Å². The molecule has 0 heterocycles. The lowest BCUT2D eigenvalue weighted by Gasteiger charge is -2.55. The maximum absolute atomic E-state index is 11.8. The fourth-order valence-electron chi connectivity index (χ4n) is 6.25. The smallest absolute Gasteiger partial charge is 0.306 e. The molecule has 124 valence electrons. The number of ketones is 1. The quantitative estimate of drug-likeness (QED) is 0.796. The predicted molar refractivity (Wildman–Crippen MR) is 87.7 cm³/mol. The third kappa shape index (κ3) is 2.08. The Morgan fingerprint density at radius 2 is 2.04 bits per heavy atom. The summed E-state index contributed by atoms with van der Waals surface area (Å²) in [6, 6.07) is 0. The molecule has 23 heavy (non-hydrogen) atoms. The molecule has 3 heteroatoms. The molecular weight excluding hydrogens is 288 g/mol. The lowest BCUT2D eigenvalue weighted by molar-refractivity contribution is -0.141. The Balaban J connectivity index is 1.71. The number of carboxylic acids is 1. The van der Waals surface area contributed by atoms with E-state index in [-0.39, 0.29) is 22.5 Å². The molecule has 1 N–H and O–H groups in total. The summed E-state index contributed by atoms with van der Waals surface area (Å²) >= 11 is 0. The van der Waals surface area contributed by atoms with Gasteiger partial charge in [-0.1, -0.05) is 26.0 Å². The minimum Gasteiger partial charge on any atom is -0.481 e. The van der Waals surface area contributed by atoms with E-state index in [0.29, 0.717) is 24.2 Å². The standard InChI is InChI=1S/C20H26O3/c1-19-7-6-16-15(17(19)9-12(11-19)18(22)23)4-3-13-10-14(21)5-8-20(13,16)2/h3-4,10,12,15-17H,5-9,11H2,1-2H3,(H,22,23). The molecular formula is C20H26O3. The van der Waals surface area contributed by atoms with E-state index in [1.807, 2.05) is 6.08 Å². The van der Waals surface area contributed by atoms with Crippen molar-refractivity contribution in [3.8, 4) is 0 Å². The Morgan fingerprint density at radius 3 is 2.78 bits per heavy atom. The van der Waals surface area contributed by atoms with Gasteiger partial charge in [-0.15, -0.1) is 0 Å². The molecule has 0 bridgehead atoms. The topological polar surface area (TPSA) is 54.4 Å². The van der Waals surface area contributed by atoms with Crippen molar-refractivity contribution >= 4 is 11.8 Å². The summed E-state index contributed by atoms with van der Waals surface area (Å²) in [7, 11) is 0. The van der Waals surface area contributed by atoms with Crippen LogP contribution in [0.4, 0.5) is 0 Å². The van der Waals surface area contributed by atoms with Crippen LogP contribution in [-0.2, 0) is 9.59 Å². The highest BCUT2D eigenvalue weighted by Crippen LogP contribution is 2.64. The monoisotopic (exact) mass is 314 g/mol. The van der Waals surface area contributed by atoms with Gasteiger partial charge in [0.05, 0.1) is 5.92 Å². The molecule has 4 aliphatic rings. The number of aliphatic carboxylic acids is 1. The van der Waals surface area contributed by atoms with Crippen LogP contribution >= 0.6 is 0 Å². The third-order valence-corrected chi connectivity index (χ3v) is 7.63. The fourth-order valence-corrected chi connectivity index (χ4v) is 6.25. The highest BCUT2D eigenvalue weighted by molar-refractivity contribution is 5.92. The van der Waals surface area contributed by atoms with Gasteiger partial charge in [-0.2, -0.15) is 0 Å². The zero-order valence-electron chi connectivity index (χ0n) is 14.0. The number of carbonyl (C=O) groups excluding carboxylic acids is 1. The van der Waals surface area contributed by atoms with Gasteiger partial charge in [-0.05, 0) is 72.3 Å². The number of carbonyl (C=O) groups is 2. The maximum atomic E-state index is 11.8. The summed E-state index contributed by atoms with van der Waals surface area (Å²) < 4.78 is 0. The van der Waals surface area contributed by atoms with Crippen molar-refractivity contribution in [1.29, 1.82) is 0 Å². The van der Waals surface area contributed by atoms with Crippen molar-refractivity contribution in [2.75, 3.05) is 0 Å². The van der Waals surface area contributed by atoms with Gasteiger partial charge >= 0.3 is 5.97 Å². The van der Waals surface area contributed by atoms with Crippen molar-refractivity contribution in [3.63, 3.8) is 0 Å². The van der Waals surface area contributed by atoms with Crippen LogP contribution < -0.4 is 0 Å². The van der Waals surface area contributed by atoms with Gasteiger partial charge in [0.1, 0.15) is 0 Å². The zero-order chi connectivity index (χ0) is 16.4. The minimum absolute atomic E-state index is 0.107. The number of fused-ring (bicyclic) bond motifs is 5. The second-order valence-electron chi connectivity index (χ2n) is 8.80. The lowest BCUT2D eigenvalue weighted by Crippen LogP contribution is -2.47. The van der Waals surface area contributed by atoms with Gasteiger partial charge in [-0.25, -0.2) is 0 Å². The SMILES string of the molecule is CC12CCC3C(C=CC4=CC(=O)CCC43C)C1CC(C(=O)O)C2. The Bertz CT molecular complexity index is 631. The van der Waals surface area contributed by atoms with Crippen molar-refractivity contribution in [2.45, 2.75) is 52.4 Å². The zero-order valence-corrected chi connectivity index (χ0v) is 14.0. The fraction of sp³-hybridized carbons (Fsp3) is 0.700. The van der Waals surface area contributed by atoms with Crippen LogP contribution in [0, 0.1) is 34.5 Å². The first kappa shape index (κ1) is 15.2. The summed E-state index contributed by atoms with van der Waals surface area (Å²) in [5.41, 5.74) is 1.50. The van der Waals surface area contributed by atoms with Crippen LogP contribution in [-0.4, -0.2) is 16.9 Å². The highest BCUT2D eigenvalue weighted by atomic mass is 16.4. The molecule has 0 aromatic rings. The number of hydrogen-bond acceptors (Lipinski definition) is 2. The number of carboxylic acid groups (broad SMARTS) is 1. The molecule has 4 rings (SSSR count). The molecule has 2 saturated carbocycles. The van der Waals surface area contributed by atoms with Gasteiger partial charge in [-0.3, -0.25) is 9.59 Å². The van der Waals surface area contributed by atoms with Crippen molar-refractivity contribution in [1.82, 2.24) is 0 Å². The van der Waals surface area contributed by atoms with E-state index in [1.165, 1.54) is 5.57 Å². The Labute approximate surface area is 137 Å².